The molecule has 2 aliphatic rings. The van der Waals surface area contributed by atoms with Gasteiger partial charge >= 0.3 is 0 Å². The van der Waals surface area contributed by atoms with Gasteiger partial charge in [0.05, 0.1) is 17.5 Å². The normalized spacial score (nSPS) is 29.9. The molecule has 1 aliphatic carbocycles. The molecule has 0 bridgehead atoms. The Hall–Kier alpha value is -1.84. The van der Waals surface area contributed by atoms with E-state index in [0.717, 1.165) is 19.3 Å². The maximum Gasteiger partial charge on any atom is 0.237 e. The van der Waals surface area contributed by atoms with Crippen LogP contribution in [0.4, 0.5) is 11.4 Å². The molecule has 1 heterocycles. The van der Waals surface area contributed by atoms with Crippen LogP contribution in [0.15, 0.2) is 24.3 Å². The summed E-state index contributed by atoms with van der Waals surface area (Å²) in [5, 5.41) is 0. The van der Waals surface area contributed by atoms with E-state index < -0.39 is 0 Å². The molecule has 2 unspecified atom stereocenters. The lowest BCUT2D eigenvalue weighted by atomic mass is 10.00. The van der Waals surface area contributed by atoms with Crippen LogP contribution >= 0.6 is 0 Å². The minimum absolute atomic E-state index is 0.0449. The highest BCUT2D eigenvalue weighted by atomic mass is 16.2. The van der Waals surface area contributed by atoms with E-state index in [9.17, 15) is 9.59 Å². The van der Waals surface area contributed by atoms with Crippen molar-refractivity contribution < 1.29 is 9.59 Å². The van der Waals surface area contributed by atoms with Gasteiger partial charge in [-0.25, -0.2) is 4.90 Å². The third kappa shape index (κ3) is 1.82. The fourth-order valence-electron chi connectivity index (χ4n) is 3.38. The van der Waals surface area contributed by atoms with E-state index in [4.69, 9.17) is 5.73 Å². The Labute approximate surface area is 112 Å². The van der Waals surface area contributed by atoms with Crippen LogP contribution in [0.1, 0.15) is 26.2 Å². The van der Waals surface area contributed by atoms with E-state index >= 15 is 0 Å². The van der Waals surface area contributed by atoms with Crippen LogP contribution < -0.4 is 10.6 Å². The summed E-state index contributed by atoms with van der Waals surface area (Å²) in [6, 6.07) is 6.98. The lowest BCUT2D eigenvalue weighted by molar-refractivity contribution is -0.123. The number of nitrogens with zero attached hydrogens (tertiary/aromatic N) is 1. The van der Waals surface area contributed by atoms with Crippen LogP contribution in [-0.2, 0) is 9.59 Å². The van der Waals surface area contributed by atoms with Crippen molar-refractivity contribution in [3.8, 4) is 0 Å². The molecule has 2 amide bonds. The summed E-state index contributed by atoms with van der Waals surface area (Å²) in [5.41, 5.74) is 6.91. The molecule has 0 radical (unpaired) electrons. The summed E-state index contributed by atoms with van der Waals surface area (Å²) in [6.07, 6.45) is 2.75. The quantitative estimate of drug-likeness (QED) is 0.653. The van der Waals surface area contributed by atoms with E-state index in [-0.39, 0.29) is 23.7 Å². The molecule has 4 heteroatoms. The van der Waals surface area contributed by atoms with Crippen molar-refractivity contribution in [3.05, 3.63) is 24.3 Å². The van der Waals surface area contributed by atoms with Crippen molar-refractivity contribution in [2.45, 2.75) is 26.2 Å². The minimum atomic E-state index is -0.112. The van der Waals surface area contributed by atoms with Crippen LogP contribution in [0.25, 0.3) is 0 Å². The second-order valence-electron chi connectivity index (χ2n) is 5.57. The molecule has 1 aromatic rings. The van der Waals surface area contributed by atoms with Crippen LogP contribution in [0.5, 0.6) is 0 Å². The van der Waals surface area contributed by atoms with Crippen molar-refractivity contribution in [2.75, 3.05) is 10.6 Å². The number of nitrogen functional groups attached to an aromatic ring is 1. The molecule has 1 saturated heterocycles. The number of anilines is 2. The summed E-state index contributed by atoms with van der Waals surface area (Å²) in [4.78, 5) is 26.2. The Morgan fingerprint density at radius 2 is 1.84 bits per heavy atom. The number of carbonyl (C=O) groups is 2. The second kappa shape index (κ2) is 4.37. The predicted molar refractivity (Wildman–Crippen MR) is 73.3 cm³/mol. The first-order valence-electron chi connectivity index (χ1n) is 6.85. The minimum Gasteiger partial charge on any atom is -0.399 e. The number of rotatable bonds is 2. The Kier molecular flexibility index (Phi) is 2.81. The molecule has 0 spiro atoms. The summed E-state index contributed by atoms with van der Waals surface area (Å²) >= 11 is 0. The number of imide groups is 1. The van der Waals surface area contributed by atoms with Gasteiger partial charge in [-0.1, -0.05) is 19.4 Å². The van der Waals surface area contributed by atoms with E-state index in [2.05, 4.69) is 6.92 Å². The molecule has 2 fully saturated rings. The van der Waals surface area contributed by atoms with Crippen molar-refractivity contribution in [2.24, 2.45) is 17.8 Å². The fraction of sp³-hybridized carbons (Fsp3) is 0.467. The molecule has 4 nitrogen and oxygen atoms in total. The average Bonchev–Trinajstić information content (AvgIpc) is 2.91. The third-order valence-electron chi connectivity index (χ3n) is 4.44. The Balaban J connectivity index is 1.91. The van der Waals surface area contributed by atoms with Gasteiger partial charge in [-0.2, -0.15) is 0 Å². The van der Waals surface area contributed by atoms with Gasteiger partial charge in [0.25, 0.3) is 0 Å². The molecular formula is C15H18N2O2. The van der Waals surface area contributed by atoms with Gasteiger partial charge in [-0.3, -0.25) is 9.59 Å². The van der Waals surface area contributed by atoms with Crippen LogP contribution in [-0.4, -0.2) is 11.8 Å². The van der Waals surface area contributed by atoms with Gasteiger partial charge in [-0.05, 0) is 37.0 Å². The standard InChI is InChI=1S/C15H18N2O2/c1-2-9-6-12-13(7-9)15(19)17(14(12)18)11-5-3-4-10(16)8-11/h3-5,8-9,12-13H,2,6-7,16H2,1H3. The maximum atomic E-state index is 12.4. The van der Waals surface area contributed by atoms with Crippen LogP contribution in [0.3, 0.4) is 0 Å². The Bertz CT molecular complexity index is 517. The lowest BCUT2D eigenvalue weighted by Crippen LogP contribution is -2.32. The number of hydrogen-bond donors (Lipinski definition) is 1. The molecular weight excluding hydrogens is 240 g/mol. The first-order valence-corrected chi connectivity index (χ1v) is 6.85. The van der Waals surface area contributed by atoms with Gasteiger partial charge < -0.3 is 5.73 Å². The van der Waals surface area contributed by atoms with Crippen molar-refractivity contribution >= 4 is 23.2 Å². The lowest BCUT2D eigenvalue weighted by Gasteiger charge is -2.17. The summed E-state index contributed by atoms with van der Waals surface area (Å²) in [5.74, 6) is 0.205. The molecule has 3 rings (SSSR count). The number of benzene rings is 1. The van der Waals surface area contributed by atoms with Gasteiger partial charge in [-0.15, -0.1) is 0 Å². The maximum absolute atomic E-state index is 12.4. The zero-order valence-corrected chi connectivity index (χ0v) is 11.0. The summed E-state index contributed by atoms with van der Waals surface area (Å²) < 4.78 is 0. The predicted octanol–water partition coefficient (Wildman–Crippen LogP) is 2.19. The van der Waals surface area contributed by atoms with Gasteiger partial charge in [0.15, 0.2) is 0 Å². The molecule has 2 N–H and O–H groups in total. The highest BCUT2D eigenvalue weighted by molar-refractivity contribution is 6.22. The molecule has 100 valence electrons. The topological polar surface area (TPSA) is 63.4 Å². The zero-order chi connectivity index (χ0) is 13.6. The number of carbonyl (C=O) groups excluding carboxylic acids is 2. The first-order chi connectivity index (χ1) is 9.11. The smallest absolute Gasteiger partial charge is 0.237 e. The van der Waals surface area contributed by atoms with Crippen molar-refractivity contribution in [1.29, 1.82) is 0 Å². The Morgan fingerprint density at radius 3 is 2.37 bits per heavy atom. The van der Waals surface area contributed by atoms with Crippen molar-refractivity contribution in [1.82, 2.24) is 0 Å². The first kappa shape index (κ1) is 12.2. The highest BCUT2D eigenvalue weighted by Gasteiger charge is 2.52. The van der Waals surface area contributed by atoms with Crippen molar-refractivity contribution in [3.63, 3.8) is 0 Å². The van der Waals surface area contributed by atoms with Gasteiger partial charge in [0.1, 0.15) is 0 Å². The molecule has 1 aromatic carbocycles. The monoisotopic (exact) mass is 258 g/mol. The zero-order valence-electron chi connectivity index (χ0n) is 11.0. The fourth-order valence-corrected chi connectivity index (χ4v) is 3.38. The molecule has 19 heavy (non-hydrogen) atoms. The second-order valence-corrected chi connectivity index (χ2v) is 5.57. The average molecular weight is 258 g/mol. The summed E-state index contributed by atoms with van der Waals surface area (Å²) in [6.45, 7) is 2.12. The van der Waals surface area contributed by atoms with Gasteiger partial charge in [0, 0.05) is 5.69 Å². The SMILES string of the molecule is CCC1CC2C(=O)N(c3cccc(N)c3)C(=O)C2C1. The molecule has 1 aliphatic heterocycles. The number of nitrogens with two attached hydrogens (primary N) is 1. The van der Waals surface area contributed by atoms with E-state index in [1.807, 2.05) is 0 Å². The van der Waals surface area contributed by atoms with Crippen LogP contribution in [0.2, 0.25) is 0 Å². The highest BCUT2D eigenvalue weighted by Crippen LogP contribution is 2.45. The summed E-state index contributed by atoms with van der Waals surface area (Å²) in [7, 11) is 0. The molecule has 1 saturated carbocycles. The largest absolute Gasteiger partial charge is 0.399 e. The third-order valence-corrected chi connectivity index (χ3v) is 4.44. The van der Waals surface area contributed by atoms with E-state index in [1.165, 1.54) is 4.90 Å². The molecule has 0 aromatic heterocycles. The number of amides is 2. The van der Waals surface area contributed by atoms with E-state index in [0.29, 0.717) is 17.3 Å². The molecule has 2 atom stereocenters. The van der Waals surface area contributed by atoms with Crippen LogP contribution in [0, 0.1) is 17.8 Å². The Morgan fingerprint density at radius 1 is 1.21 bits per heavy atom. The van der Waals surface area contributed by atoms with E-state index in [1.54, 1.807) is 24.3 Å². The number of hydrogen-bond acceptors (Lipinski definition) is 3. The van der Waals surface area contributed by atoms with Gasteiger partial charge in [0.2, 0.25) is 11.8 Å². The number of fused-ring (bicyclic) bond motifs is 1.